The molecule has 10 heteroatoms. The van der Waals surface area contributed by atoms with Crippen LogP contribution in [-0.4, -0.2) is 108 Å². The summed E-state index contributed by atoms with van der Waals surface area (Å²) in [6.07, 6.45) is -10.00. The van der Waals surface area contributed by atoms with E-state index in [2.05, 4.69) is 0 Å². The Labute approximate surface area is 145 Å². The molecule has 0 aromatic heterocycles. The number of hydrogen-bond acceptors (Lipinski definition) is 10. The molecule has 0 saturated carbocycles. The lowest BCUT2D eigenvalue weighted by molar-refractivity contribution is -0.331. The third kappa shape index (κ3) is 4.48. The van der Waals surface area contributed by atoms with Gasteiger partial charge in [0.05, 0.1) is 24.9 Å². The minimum atomic E-state index is -1.52. The molecule has 0 aromatic rings. The fourth-order valence-corrected chi connectivity index (χ4v) is 3.06. The summed E-state index contributed by atoms with van der Waals surface area (Å²) in [6.45, 7) is 1.13. The van der Waals surface area contributed by atoms with Crippen LogP contribution in [-0.2, 0) is 23.7 Å². The molecular formula is C15H28O10. The van der Waals surface area contributed by atoms with Crippen molar-refractivity contribution >= 4 is 0 Å². The Hall–Kier alpha value is -0.400. The molecule has 25 heavy (non-hydrogen) atoms. The quantitative estimate of drug-likeness (QED) is 0.336. The Morgan fingerprint density at radius 1 is 0.920 bits per heavy atom. The molecule has 148 valence electrons. The van der Waals surface area contributed by atoms with Crippen molar-refractivity contribution in [1.29, 1.82) is 0 Å². The first-order chi connectivity index (χ1) is 11.8. The first-order valence-corrected chi connectivity index (χ1v) is 8.19. The largest absolute Gasteiger partial charge is 0.394 e. The number of hydrogen-bond donors (Lipinski definition) is 5. The van der Waals surface area contributed by atoms with E-state index < -0.39 is 68.0 Å². The van der Waals surface area contributed by atoms with Gasteiger partial charge in [0.25, 0.3) is 0 Å². The van der Waals surface area contributed by atoms with E-state index in [9.17, 15) is 25.5 Å². The smallest absolute Gasteiger partial charge is 0.187 e. The van der Waals surface area contributed by atoms with Crippen molar-refractivity contribution in [2.45, 2.75) is 74.8 Å². The van der Waals surface area contributed by atoms with Crippen molar-refractivity contribution in [1.82, 2.24) is 0 Å². The van der Waals surface area contributed by atoms with Crippen LogP contribution in [0.15, 0.2) is 0 Å². The topological polar surface area (TPSA) is 147 Å². The molecule has 0 aromatic carbocycles. The lowest BCUT2D eigenvalue weighted by atomic mass is 9.98. The number of methoxy groups -OCH3 is 2. The number of ether oxygens (including phenoxy) is 5. The van der Waals surface area contributed by atoms with Gasteiger partial charge in [-0.05, 0) is 6.92 Å². The van der Waals surface area contributed by atoms with Gasteiger partial charge in [-0.3, -0.25) is 0 Å². The normalized spacial score (nSPS) is 46.8. The van der Waals surface area contributed by atoms with Gasteiger partial charge in [-0.1, -0.05) is 0 Å². The fraction of sp³-hybridized carbons (Fsp3) is 1.00. The highest BCUT2D eigenvalue weighted by Crippen LogP contribution is 2.29. The van der Waals surface area contributed by atoms with Crippen LogP contribution in [0.2, 0.25) is 0 Å². The first kappa shape index (κ1) is 20.9. The lowest BCUT2D eigenvalue weighted by Crippen LogP contribution is -2.60. The van der Waals surface area contributed by atoms with Crippen molar-refractivity contribution < 1.29 is 49.2 Å². The molecule has 10 atom stereocenters. The summed E-state index contributed by atoms with van der Waals surface area (Å²) in [5.41, 5.74) is 0. The summed E-state index contributed by atoms with van der Waals surface area (Å²) < 4.78 is 26.9. The highest BCUT2D eigenvalue weighted by atomic mass is 16.7. The van der Waals surface area contributed by atoms with Crippen LogP contribution in [0.25, 0.3) is 0 Å². The molecular weight excluding hydrogens is 340 g/mol. The highest BCUT2D eigenvalue weighted by molar-refractivity contribution is 4.90. The number of aliphatic hydroxyl groups excluding tert-OH is 5. The standard InChI is InChI=1S/C15H28O10/c1-6(7-4-8(21-2)11(18)14(22-3)24-7)23-15-13(20)12(19)10(17)9(5-16)25-15/h6-20H,4-5H2,1-3H3/t6?,7-,8-,9+,10+,11+,12-,13+,14+,15+/m0/s1. The molecule has 2 fully saturated rings. The minimum Gasteiger partial charge on any atom is -0.394 e. The van der Waals surface area contributed by atoms with Crippen molar-refractivity contribution in [3.8, 4) is 0 Å². The Balaban J connectivity index is 2.01. The average molecular weight is 368 g/mol. The predicted octanol–water partition coefficient (Wildman–Crippen LogP) is -2.67. The molecule has 2 heterocycles. The average Bonchev–Trinajstić information content (AvgIpc) is 2.62. The van der Waals surface area contributed by atoms with E-state index in [0.717, 1.165) is 0 Å². The summed E-state index contributed by atoms with van der Waals surface area (Å²) in [5, 5.41) is 48.9. The maximum Gasteiger partial charge on any atom is 0.187 e. The maximum atomic E-state index is 10.1. The van der Waals surface area contributed by atoms with Gasteiger partial charge in [0.2, 0.25) is 0 Å². The fourth-order valence-electron chi connectivity index (χ4n) is 3.06. The Morgan fingerprint density at radius 3 is 2.16 bits per heavy atom. The van der Waals surface area contributed by atoms with Gasteiger partial charge in [0.15, 0.2) is 12.6 Å². The van der Waals surface area contributed by atoms with Crippen molar-refractivity contribution in [3.63, 3.8) is 0 Å². The Morgan fingerprint density at radius 2 is 1.60 bits per heavy atom. The summed E-state index contributed by atoms with van der Waals surface area (Å²) in [5.74, 6) is 0. The van der Waals surface area contributed by atoms with Gasteiger partial charge >= 0.3 is 0 Å². The summed E-state index contributed by atoms with van der Waals surface area (Å²) in [7, 11) is 2.86. The van der Waals surface area contributed by atoms with E-state index in [1.54, 1.807) is 6.92 Å². The molecule has 2 aliphatic rings. The SMILES string of the molecule is CO[C@@H]1O[C@H](C(C)O[C@@H]2O[C@H](CO)[C@@H](O)[C@H](O)[C@H]2O)C[C@H](OC)[C@H]1O. The molecule has 5 N–H and O–H groups in total. The van der Waals surface area contributed by atoms with E-state index in [-0.39, 0.29) is 0 Å². The van der Waals surface area contributed by atoms with Gasteiger partial charge in [-0.15, -0.1) is 0 Å². The summed E-state index contributed by atoms with van der Waals surface area (Å²) in [6, 6.07) is 0. The number of rotatable bonds is 6. The molecule has 2 saturated heterocycles. The van der Waals surface area contributed by atoms with Gasteiger partial charge < -0.3 is 49.2 Å². The lowest BCUT2D eigenvalue weighted by Gasteiger charge is -2.43. The predicted molar refractivity (Wildman–Crippen MR) is 81.4 cm³/mol. The van der Waals surface area contributed by atoms with Gasteiger partial charge in [-0.25, -0.2) is 0 Å². The van der Waals surface area contributed by atoms with Crippen LogP contribution in [0.4, 0.5) is 0 Å². The zero-order chi connectivity index (χ0) is 18.7. The Kier molecular flexibility index (Phi) is 7.52. The molecule has 0 spiro atoms. The molecule has 0 bridgehead atoms. The molecule has 2 rings (SSSR count). The molecule has 1 unspecified atom stereocenters. The summed E-state index contributed by atoms with van der Waals surface area (Å²) in [4.78, 5) is 0. The number of aliphatic hydroxyl groups is 5. The van der Waals surface area contributed by atoms with E-state index in [1.807, 2.05) is 0 Å². The van der Waals surface area contributed by atoms with E-state index >= 15 is 0 Å². The zero-order valence-corrected chi connectivity index (χ0v) is 14.5. The first-order valence-electron chi connectivity index (χ1n) is 8.19. The third-order valence-corrected chi connectivity index (χ3v) is 4.69. The van der Waals surface area contributed by atoms with Crippen molar-refractivity contribution in [2.75, 3.05) is 20.8 Å². The monoisotopic (exact) mass is 368 g/mol. The zero-order valence-electron chi connectivity index (χ0n) is 14.5. The highest BCUT2D eigenvalue weighted by Gasteiger charge is 2.46. The molecule has 0 amide bonds. The molecule has 0 radical (unpaired) electrons. The van der Waals surface area contributed by atoms with Crippen LogP contribution in [0.1, 0.15) is 13.3 Å². The van der Waals surface area contributed by atoms with E-state index in [0.29, 0.717) is 6.42 Å². The second kappa shape index (κ2) is 9.00. The van der Waals surface area contributed by atoms with Crippen molar-refractivity contribution in [3.05, 3.63) is 0 Å². The van der Waals surface area contributed by atoms with Crippen LogP contribution >= 0.6 is 0 Å². The second-order valence-corrected chi connectivity index (χ2v) is 6.32. The Bertz CT molecular complexity index is 394. The second-order valence-electron chi connectivity index (χ2n) is 6.32. The maximum absolute atomic E-state index is 10.1. The molecule has 0 aliphatic carbocycles. The minimum absolute atomic E-state index is 0.316. The van der Waals surface area contributed by atoms with E-state index in [1.165, 1.54) is 14.2 Å². The van der Waals surface area contributed by atoms with Gasteiger partial charge in [0.1, 0.15) is 30.5 Å². The molecule has 2 aliphatic heterocycles. The van der Waals surface area contributed by atoms with Gasteiger partial charge in [-0.2, -0.15) is 0 Å². The van der Waals surface area contributed by atoms with Crippen LogP contribution in [0, 0.1) is 0 Å². The van der Waals surface area contributed by atoms with Crippen LogP contribution in [0.5, 0.6) is 0 Å². The van der Waals surface area contributed by atoms with Crippen molar-refractivity contribution in [2.24, 2.45) is 0 Å². The molecule has 10 nitrogen and oxygen atoms in total. The van der Waals surface area contributed by atoms with E-state index in [4.69, 9.17) is 23.7 Å². The summed E-state index contributed by atoms with van der Waals surface area (Å²) >= 11 is 0. The third-order valence-electron chi connectivity index (χ3n) is 4.69. The van der Waals surface area contributed by atoms with Crippen LogP contribution < -0.4 is 0 Å². The van der Waals surface area contributed by atoms with Crippen LogP contribution in [0.3, 0.4) is 0 Å². The van der Waals surface area contributed by atoms with Gasteiger partial charge in [0, 0.05) is 20.6 Å².